The van der Waals surface area contributed by atoms with Gasteiger partial charge in [0.15, 0.2) is 5.01 Å². The van der Waals surface area contributed by atoms with Crippen molar-refractivity contribution in [2.75, 3.05) is 5.43 Å². The molecule has 0 amide bonds. The van der Waals surface area contributed by atoms with Crippen molar-refractivity contribution in [3.63, 3.8) is 0 Å². The summed E-state index contributed by atoms with van der Waals surface area (Å²) in [5.74, 6) is 5.81. The molecule has 0 radical (unpaired) electrons. The first kappa shape index (κ1) is 12.6. The predicted octanol–water partition coefficient (Wildman–Crippen LogP) is 2.82. The highest BCUT2D eigenvalue weighted by atomic mass is 79.9. The number of nitrogens with two attached hydrogens (primary N) is 1. The van der Waals surface area contributed by atoms with Crippen LogP contribution < -0.4 is 16.0 Å². The van der Waals surface area contributed by atoms with Gasteiger partial charge < -0.3 is 4.74 Å². The number of nitrogens with one attached hydrogen (secondary N) is 1. The molecule has 3 N–H and O–H groups in total. The maximum absolute atomic E-state index is 6.01. The Morgan fingerprint density at radius 2 is 2.29 bits per heavy atom. The maximum Gasteiger partial charge on any atom is 0.219 e. The van der Waals surface area contributed by atoms with Crippen LogP contribution in [-0.2, 0) is 6.61 Å². The molecule has 0 aliphatic rings. The fraction of sp³-hybridized carbons (Fsp3) is 0.111. The molecule has 1 aromatic carbocycles. The second-order valence-corrected chi connectivity index (χ2v) is 5.39. The van der Waals surface area contributed by atoms with Crippen LogP contribution in [0.3, 0.4) is 0 Å². The van der Waals surface area contributed by atoms with Crippen LogP contribution >= 0.6 is 38.9 Å². The van der Waals surface area contributed by atoms with Crippen molar-refractivity contribution in [3.05, 3.63) is 32.7 Å². The van der Waals surface area contributed by atoms with Crippen molar-refractivity contribution in [2.24, 2.45) is 5.84 Å². The van der Waals surface area contributed by atoms with Crippen LogP contribution in [0.25, 0.3) is 0 Å². The third kappa shape index (κ3) is 3.29. The summed E-state index contributed by atoms with van der Waals surface area (Å²) in [5, 5.41) is 9.50. The second-order valence-electron chi connectivity index (χ2n) is 3.01. The quantitative estimate of drug-likeness (QED) is 0.664. The monoisotopic (exact) mass is 334 g/mol. The van der Waals surface area contributed by atoms with Gasteiger partial charge in [-0.1, -0.05) is 38.9 Å². The van der Waals surface area contributed by atoms with E-state index in [0.717, 1.165) is 9.48 Å². The van der Waals surface area contributed by atoms with E-state index in [2.05, 4.69) is 31.6 Å². The molecule has 0 fully saturated rings. The first-order valence-corrected chi connectivity index (χ1v) is 6.54. The third-order valence-electron chi connectivity index (χ3n) is 1.84. The lowest BCUT2D eigenvalue weighted by atomic mass is 10.3. The Morgan fingerprint density at radius 1 is 1.47 bits per heavy atom. The largest absolute Gasteiger partial charge is 0.485 e. The Labute approximate surface area is 115 Å². The fourth-order valence-electron chi connectivity index (χ4n) is 1.10. The number of halogens is 2. The smallest absolute Gasteiger partial charge is 0.219 e. The fourth-order valence-corrected chi connectivity index (χ4v) is 2.39. The number of anilines is 1. The minimum absolute atomic E-state index is 0.306. The summed E-state index contributed by atoms with van der Waals surface area (Å²) in [5.41, 5.74) is 2.42. The Balaban J connectivity index is 2.02. The number of hydrogen-bond acceptors (Lipinski definition) is 6. The SMILES string of the molecule is NNc1nnc(COc2ccc(Br)cc2Cl)s1. The molecule has 2 aromatic rings. The van der Waals surface area contributed by atoms with Crippen LogP contribution in [0.5, 0.6) is 5.75 Å². The first-order valence-electron chi connectivity index (χ1n) is 4.56. The number of ether oxygens (including phenoxy) is 1. The van der Waals surface area contributed by atoms with E-state index in [0.29, 0.717) is 22.5 Å². The topological polar surface area (TPSA) is 73.1 Å². The van der Waals surface area contributed by atoms with Gasteiger partial charge in [0.05, 0.1) is 5.02 Å². The van der Waals surface area contributed by atoms with E-state index in [9.17, 15) is 0 Å². The Morgan fingerprint density at radius 3 is 2.94 bits per heavy atom. The van der Waals surface area contributed by atoms with Gasteiger partial charge in [-0.2, -0.15) is 0 Å². The average Bonchev–Trinajstić information content (AvgIpc) is 2.76. The van der Waals surface area contributed by atoms with Crippen LogP contribution in [0.4, 0.5) is 5.13 Å². The summed E-state index contributed by atoms with van der Waals surface area (Å²) in [6.07, 6.45) is 0. The third-order valence-corrected chi connectivity index (χ3v) is 3.45. The minimum atomic E-state index is 0.306. The Kier molecular flexibility index (Phi) is 4.16. The van der Waals surface area contributed by atoms with Crippen molar-refractivity contribution in [3.8, 4) is 5.75 Å². The number of rotatable bonds is 4. The van der Waals surface area contributed by atoms with Crippen LogP contribution in [0, 0.1) is 0 Å². The lowest BCUT2D eigenvalue weighted by Gasteiger charge is -2.05. The number of hydrazine groups is 1. The maximum atomic E-state index is 6.01. The number of benzene rings is 1. The Hall–Kier alpha value is -0.890. The van der Waals surface area contributed by atoms with E-state index in [4.69, 9.17) is 22.2 Å². The van der Waals surface area contributed by atoms with Crippen LogP contribution in [0.2, 0.25) is 5.02 Å². The van der Waals surface area contributed by atoms with Crippen molar-refractivity contribution < 1.29 is 4.74 Å². The molecule has 1 aromatic heterocycles. The van der Waals surface area contributed by atoms with Crippen molar-refractivity contribution in [1.29, 1.82) is 0 Å². The average molecular weight is 336 g/mol. The van der Waals surface area contributed by atoms with E-state index in [-0.39, 0.29) is 0 Å². The van der Waals surface area contributed by atoms with Crippen molar-refractivity contribution in [1.82, 2.24) is 10.2 Å². The van der Waals surface area contributed by atoms with E-state index in [1.807, 2.05) is 6.07 Å². The van der Waals surface area contributed by atoms with Gasteiger partial charge in [-0.05, 0) is 18.2 Å². The zero-order chi connectivity index (χ0) is 12.3. The Bertz CT molecular complexity index is 521. The molecule has 0 saturated heterocycles. The molecule has 0 aliphatic carbocycles. The van der Waals surface area contributed by atoms with E-state index < -0.39 is 0 Å². The van der Waals surface area contributed by atoms with Gasteiger partial charge in [-0.3, -0.25) is 5.43 Å². The number of aromatic nitrogens is 2. The molecule has 0 atom stereocenters. The first-order chi connectivity index (χ1) is 8.19. The zero-order valence-corrected chi connectivity index (χ0v) is 11.6. The molecule has 5 nitrogen and oxygen atoms in total. The van der Waals surface area contributed by atoms with Crippen LogP contribution in [-0.4, -0.2) is 10.2 Å². The molecule has 1 heterocycles. The van der Waals surface area contributed by atoms with E-state index in [1.165, 1.54) is 11.3 Å². The summed E-state index contributed by atoms with van der Waals surface area (Å²) in [4.78, 5) is 0. The molecule has 17 heavy (non-hydrogen) atoms. The number of hydrogen-bond donors (Lipinski definition) is 2. The normalized spacial score (nSPS) is 10.3. The predicted molar refractivity (Wildman–Crippen MR) is 71.2 cm³/mol. The standard InChI is InChI=1S/C9H8BrClN4OS/c10-5-1-2-7(6(11)3-5)16-4-8-14-15-9(13-12)17-8/h1-3H,4,12H2,(H,13,15). The summed E-state index contributed by atoms with van der Waals surface area (Å²) < 4.78 is 6.43. The highest BCUT2D eigenvalue weighted by Gasteiger charge is 2.06. The van der Waals surface area contributed by atoms with Crippen LogP contribution in [0.15, 0.2) is 22.7 Å². The van der Waals surface area contributed by atoms with Gasteiger partial charge in [0.25, 0.3) is 0 Å². The molecule has 0 spiro atoms. The van der Waals surface area contributed by atoms with E-state index in [1.54, 1.807) is 12.1 Å². The second kappa shape index (κ2) is 5.63. The number of nitrogens with zero attached hydrogens (tertiary/aromatic N) is 2. The highest BCUT2D eigenvalue weighted by Crippen LogP contribution is 2.28. The molecule has 90 valence electrons. The summed E-state index contributed by atoms with van der Waals surface area (Å²) in [6.45, 7) is 0.306. The van der Waals surface area contributed by atoms with Crippen LogP contribution in [0.1, 0.15) is 5.01 Å². The van der Waals surface area contributed by atoms with Gasteiger partial charge in [0.2, 0.25) is 5.13 Å². The molecule has 0 saturated carbocycles. The molecule has 8 heteroatoms. The van der Waals surface area contributed by atoms with Gasteiger partial charge >= 0.3 is 0 Å². The zero-order valence-electron chi connectivity index (χ0n) is 8.48. The molecule has 0 aliphatic heterocycles. The molecule has 0 unspecified atom stereocenters. The number of nitrogen functional groups attached to an aromatic ring is 1. The lowest BCUT2D eigenvalue weighted by molar-refractivity contribution is 0.304. The molecular formula is C9H8BrClN4OS. The summed E-state index contributed by atoms with van der Waals surface area (Å²) in [7, 11) is 0. The van der Waals surface area contributed by atoms with Crippen molar-refractivity contribution >= 4 is 44.0 Å². The molecule has 0 bridgehead atoms. The summed E-state index contributed by atoms with van der Waals surface area (Å²) >= 11 is 10.7. The van der Waals surface area contributed by atoms with Gasteiger partial charge in [0.1, 0.15) is 12.4 Å². The highest BCUT2D eigenvalue weighted by molar-refractivity contribution is 9.10. The van der Waals surface area contributed by atoms with Gasteiger partial charge in [-0.25, -0.2) is 5.84 Å². The molecular weight excluding hydrogens is 328 g/mol. The van der Waals surface area contributed by atoms with Crippen molar-refractivity contribution in [2.45, 2.75) is 6.61 Å². The lowest BCUT2D eigenvalue weighted by Crippen LogP contribution is -2.05. The van der Waals surface area contributed by atoms with Gasteiger partial charge in [-0.15, -0.1) is 10.2 Å². The van der Waals surface area contributed by atoms with E-state index >= 15 is 0 Å². The van der Waals surface area contributed by atoms with Gasteiger partial charge in [0, 0.05) is 4.47 Å². The minimum Gasteiger partial charge on any atom is -0.485 e. The molecule has 2 rings (SSSR count). The summed E-state index contributed by atoms with van der Waals surface area (Å²) in [6, 6.07) is 5.41.